The minimum atomic E-state index is -0.892. The summed E-state index contributed by atoms with van der Waals surface area (Å²) in [6.45, 7) is 2.64. The second-order valence-corrected chi connectivity index (χ2v) is 4.90. The number of aryl methyl sites for hydroxylation is 1. The molecule has 6 heteroatoms. The van der Waals surface area contributed by atoms with Crippen molar-refractivity contribution in [1.29, 1.82) is 0 Å². The SMILES string of the molecule is C[C@@H]1CC[C@@H](c2ccnn2C)N(C(=O)C(N)=O)C1. The lowest BCUT2D eigenvalue weighted by molar-refractivity contribution is -0.147. The molecule has 18 heavy (non-hydrogen) atoms. The molecule has 1 aromatic heterocycles. The maximum absolute atomic E-state index is 11.9. The Balaban J connectivity index is 2.29. The van der Waals surface area contributed by atoms with Gasteiger partial charge in [0.05, 0.1) is 11.7 Å². The molecule has 0 unspecified atom stereocenters. The molecule has 1 aliphatic heterocycles. The Labute approximate surface area is 106 Å². The average Bonchev–Trinajstić information content (AvgIpc) is 2.74. The van der Waals surface area contributed by atoms with Crippen LogP contribution in [0.5, 0.6) is 0 Å². The van der Waals surface area contributed by atoms with Gasteiger partial charge >= 0.3 is 11.8 Å². The van der Waals surface area contributed by atoms with E-state index < -0.39 is 11.8 Å². The number of aromatic nitrogens is 2. The Hall–Kier alpha value is -1.85. The van der Waals surface area contributed by atoms with Crippen LogP contribution in [0.15, 0.2) is 12.3 Å². The number of rotatable bonds is 1. The molecular weight excluding hydrogens is 232 g/mol. The van der Waals surface area contributed by atoms with Gasteiger partial charge in [0.15, 0.2) is 0 Å². The highest BCUT2D eigenvalue weighted by molar-refractivity contribution is 6.34. The minimum absolute atomic E-state index is 0.103. The number of amides is 2. The average molecular weight is 250 g/mol. The van der Waals surface area contributed by atoms with Crippen LogP contribution < -0.4 is 5.73 Å². The Morgan fingerprint density at radius 1 is 1.44 bits per heavy atom. The first-order valence-corrected chi connectivity index (χ1v) is 6.09. The molecular formula is C12H18N4O2. The highest BCUT2D eigenvalue weighted by Crippen LogP contribution is 2.32. The third kappa shape index (κ3) is 2.23. The third-order valence-corrected chi connectivity index (χ3v) is 3.49. The summed E-state index contributed by atoms with van der Waals surface area (Å²) >= 11 is 0. The molecule has 0 aliphatic carbocycles. The van der Waals surface area contributed by atoms with Crippen LogP contribution in [0.1, 0.15) is 31.5 Å². The molecule has 1 aliphatic rings. The second kappa shape index (κ2) is 4.80. The first-order chi connectivity index (χ1) is 8.50. The molecule has 0 aromatic carbocycles. The van der Waals surface area contributed by atoms with Crippen LogP contribution in [0.4, 0.5) is 0 Å². The quantitative estimate of drug-likeness (QED) is 0.723. The molecule has 1 aromatic rings. The number of carbonyl (C=O) groups excluding carboxylic acids is 2. The van der Waals surface area contributed by atoms with Gasteiger partial charge in [-0.05, 0) is 24.8 Å². The lowest BCUT2D eigenvalue weighted by Gasteiger charge is -2.37. The van der Waals surface area contributed by atoms with Gasteiger partial charge in [-0.3, -0.25) is 14.3 Å². The van der Waals surface area contributed by atoms with E-state index in [2.05, 4.69) is 12.0 Å². The van der Waals surface area contributed by atoms with E-state index in [9.17, 15) is 9.59 Å². The fourth-order valence-corrected chi connectivity index (χ4v) is 2.54. The molecule has 2 N–H and O–H groups in total. The molecule has 2 rings (SSSR count). The van der Waals surface area contributed by atoms with E-state index >= 15 is 0 Å². The normalized spacial score (nSPS) is 24.0. The fraction of sp³-hybridized carbons (Fsp3) is 0.583. The maximum Gasteiger partial charge on any atom is 0.312 e. The molecule has 2 heterocycles. The number of nitrogens with two attached hydrogens (primary N) is 1. The van der Waals surface area contributed by atoms with Gasteiger partial charge in [-0.1, -0.05) is 6.92 Å². The lowest BCUT2D eigenvalue weighted by Crippen LogP contribution is -2.47. The van der Waals surface area contributed by atoms with Crippen molar-refractivity contribution in [1.82, 2.24) is 14.7 Å². The van der Waals surface area contributed by atoms with E-state index in [4.69, 9.17) is 5.73 Å². The molecule has 98 valence electrons. The summed E-state index contributed by atoms with van der Waals surface area (Å²) in [5.41, 5.74) is 6.05. The van der Waals surface area contributed by atoms with E-state index in [1.165, 1.54) is 0 Å². The number of carbonyl (C=O) groups is 2. The van der Waals surface area contributed by atoms with E-state index in [1.807, 2.05) is 13.1 Å². The molecule has 0 radical (unpaired) electrons. The highest BCUT2D eigenvalue weighted by atomic mass is 16.2. The zero-order valence-corrected chi connectivity index (χ0v) is 10.7. The standard InChI is InChI=1S/C12H18N4O2/c1-8-3-4-10(9-5-6-14-15(9)2)16(7-8)12(18)11(13)17/h5-6,8,10H,3-4,7H2,1-2H3,(H2,13,17)/t8-,10+/m1/s1. The van der Waals surface area contributed by atoms with Crippen LogP contribution in [0.3, 0.4) is 0 Å². The van der Waals surface area contributed by atoms with Crippen molar-refractivity contribution in [3.63, 3.8) is 0 Å². The van der Waals surface area contributed by atoms with Crippen molar-refractivity contribution in [2.24, 2.45) is 18.7 Å². The largest absolute Gasteiger partial charge is 0.361 e. The van der Waals surface area contributed by atoms with Crippen LogP contribution in [-0.2, 0) is 16.6 Å². The highest BCUT2D eigenvalue weighted by Gasteiger charge is 2.34. The first kappa shape index (κ1) is 12.6. The maximum atomic E-state index is 11.9. The first-order valence-electron chi connectivity index (χ1n) is 6.09. The minimum Gasteiger partial charge on any atom is -0.361 e. The molecule has 1 saturated heterocycles. The Morgan fingerprint density at radius 3 is 2.72 bits per heavy atom. The summed E-state index contributed by atoms with van der Waals surface area (Å²) in [5.74, 6) is -1.11. The van der Waals surface area contributed by atoms with Gasteiger partial charge in [-0.2, -0.15) is 5.10 Å². The van der Waals surface area contributed by atoms with Gasteiger partial charge in [0.1, 0.15) is 0 Å². The fourth-order valence-electron chi connectivity index (χ4n) is 2.54. The van der Waals surface area contributed by atoms with Gasteiger partial charge in [0.2, 0.25) is 0 Å². The smallest absolute Gasteiger partial charge is 0.312 e. The van der Waals surface area contributed by atoms with Crippen LogP contribution in [0, 0.1) is 5.92 Å². The van der Waals surface area contributed by atoms with Gasteiger partial charge in [0, 0.05) is 19.8 Å². The summed E-state index contributed by atoms with van der Waals surface area (Å²) in [4.78, 5) is 24.6. The number of nitrogens with zero attached hydrogens (tertiary/aromatic N) is 3. The van der Waals surface area contributed by atoms with Crippen molar-refractivity contribution in [2.75, 3.05) is 6.54 Å². The van der Waals surface area contributed by atoms with Crippen molar-refractivity contribution < 1.29 is 9.59 Å². The number of primary amides is 1. The van der Waals surface area contributed by atoms with E-state index in [-0.39, 0.29) is 6.04 Å². The van der Waals surface area contributed by atoms with E-state index in [1.54, 1.807) is 15.8 Å². The predicted molar refractivity (Wildman–Crippen MR) is 65.3 cm³/mol. The van der Waals surface area contributed by atoms with Crippen molar-refractivity contribution in [3.05, 3.63) is 18.0 Å². The molecule has 1 fully saturated rings. The van der Waals surface area contributed by atoms with E-state index in [0.717, 1.165) is 18.5 Å². The number of hydrogen-bond donors (Lipinski definition) is 1. The van der Waals surface area contributed by atoms with Gasteiger partial charge in [-0.15, -0.1) is 0 Å². The lowest BCUT2D eigenvalue weighted by atomic mass is 9.92. The molecule has 2 amide bonds. The monoisotopic (exact) mass is 250 g/mol. The third-order valence-electron chi connectivity index (χ3n) is 3.49. The summed E-state index contributed by atoms with van der Waals surface area (Å²) < 4.78 is 1.74. The number of piperidine rings is 1. The molecule has 0 spiro atoms. The van der Waals surface area contributed by atoms with Crippen LogP contribution in [0.25, 0.3) is 0 Å². The van der Waals surface area contributed by atoms with Crippen molar-refractivity contribution in [3.8, 4) is 0 Å². The van der Waals surface area contributed by atoms with Crippen LogP contribution in [-0.4, -0.2) is 33.0 Å². The molecule has 0 bridgehead atoms. The Kier molecular flexibility index (Phi) is 3.36. The Morgan fingerprint density at radius 2 is 2.17 bits per heavy atom. The van der Waals surface area contributed by atoms with Crippen LogP contribution in [0.2, 0.25) is 0 Å². The van der Waals surface area contributed by atoms with Crippen molar-refractivity contribution in [2.45, 2.75) is 25.8 Å². The topological polar surface area (TPSA) is 81.2 Å². The van der Waals surface area contributed by atoms with Gasteiger partial charge in [0.25, 0.3) is 0 Å². The number of hydrogen-bond acceptors (Lipinski definition) is 3. The van der Waals surface area contributed by atoms with Crippen LogP contribution >= 0.6 is 0 Å². The van der Waals surface area contributed by atoms with Gasteiger partial charge in [-0.25, -0.2) is 0 Å². The van der Waals surface area contributed by atoms with Crippen molar-refractivity contribution >= 4 is 11.8 Å². The molecule has 0 saturated carbocycles. The van der Waals surface area contributed by atoms with E-state index in [0.29, 0.717) is 12.5 Å². The Bertz CT molecular complexity index is 468. The summed E-state index contributed by atoms with van der Waals surface area (Å²) in [7, 11) is 1.83. The molecule has 2 atom stereocenters. The summed E-state index contributed by atoms with van der Waals surface area (Å²) in [5, 5.41) is 4.11. The summed E-state index contributed by atoms with van der Waals surface area (Å²) in [6.07, 6.45) is 3.55. The zero-order valence-electron chi connectivity index (χ0n) is 10.7. The second-order valence-electron chi connectivity index (χ2n) is 4.90. The number of likely N-dealkylation sites (tertiary alicyclic amines) is 1. The molecule has 6 nitrogen and oxygen atoms in total. The van der Waals surface area contributed by atoms with Gasteiger partial charge < -0.3 is 10.6 Å². The zero-order chi connectivity index (χ0) is 13.3. The summed E-state index contributed by atoms with van der Waals surface area (Å²) in [6, 6.07) is 1.77. The predicted octanol–water partition coefficient (Wildman–Crippen LogP) is 0.205.